The van der Waals surface area contributed by atoms with Gasteiger partial charge in [0.2, 0.25) is 5.91 Å². The minimum absolute atomic E-state index is 0.133. The van der Waals surface area contributed by atoms with Crippen molar-refractivity contribution in [2.75, 3.05) is 13.7 Å². The van der Waals surface area contributed by atoms with E-state index in [0.29, 0.717) is 13.0 Å². The van der Waals surface area contributed by atoms with Crippen molar-refractivity contribution in [2.24, 2.45) is 0 Å². The van der Waals surface area contributed by atoms with Crippen molar-refractivity contribution in [3.05, 3.63) is 65.1 Å². The van der Waals surface area contributed by atoms with E-state index >= 15 is 0 Å². The predicted octanol–water partition coefficient (Wildman–Crippen LogP) is 4.59. The number of methoxy groups -OCH3 is 1. The molecule has 3 aromatic rings. The van der Waals surface area contributed by atoms with Crippen molar-refractivity contribution < 1.29 is 13.9 Å². The lowest BCUT2D eigenvalue weighted by Gasteiger charge is -2.36. The molecule has 4 nitrogen and oxygen atoms in total. The van der Waals surface area contributed by atoms with Crippen molar-refractivity contribution >= 4 is 16.8 Å². The lowest BCUT2D eigenvalue weighted by atomic mass is 9.92. The molecule has 0 fully saturated rings. The second-order valence-electron chi connectivity index (χ2n) is 6.97. The number of amides is 1. The Labute approximate surface area is 157 Å². The predicted molar refractivity (Wildman–Crippen MR) is 103 cm³/mol. The van der Waals surface area contributed by atoms with Crippen LogP contribution >= 0.6 is 0 Å². The van der Waals surface area contributed by atoms with E-state index in [4.69, 9.17) is 4.74 Å². The maximum Gasteiger partial charge on any atom is 0.223 e. The van der Waals surface area contributed by atoms with Crippen molar-refractivity contribution in [1.29, 1.82) is 0 Å². The normalized spacial score (nSPS) is 16.4. The number of aromatic amines is 1. The zero-order valence-electron chi connectivity index (χ0n) is 15.6. The maximum absolute atomic E-state index is 13.5. The van der Waals surface area contributed by atoms with Gasteiger partial charge in [0.25, 0.3) is 0 Å². The fraction of sp³-hybridized carbons (Fsp3) is 0.318. The molecule has 1 amide bonds. The smallest absolute Gasteiger partial charge is 0.223 e. The average Bonchev–Trinajstić information content (AvgIpc) is 3.06. The van der Waals surface area contributed by atoms with Crippen LogP contribution in [0, 0.1) is 5.82 Å². The van der Waals surface area contributed by atoms with Gasteiger partial charge < -0.3 is 14.6 Å². The molecule has 4 rings (SSSR count). The molecule has 140 valence electrons. The summed E-state index contributed by atoms with van der Waals surface area (Å²) in [5, 5.41) is 1.12. The number of benzene rings is 2. The van der Waals surface area contributed by atoms with E-state index in [-0.39, 0.29) is 17.8 Å². The molecule has 0 saturated carbocycles. The van der Waals surface area contributed by atoms with Gasteiger partial charge in [-0.05, 0) is 54.3 Å². The highest BCUT2D eigenvalue weighted by atomic mass is 19.1. The SMILES string of the molecule is CCCC(=O)N1CCc2c([nH]c3ccc(OC)cc23)[C@H]1c1ccc(F)cc1. The van der Waals surface area contributed by atoms with Crippen LogP contribution in [0.15, 0.2) is 42.5 Å². The van der Waals surface area contributed by atoms with E-state index in [2.05, 4.69) is 4.98 Å². The first-order valence-corrected chi connectivity index (χ1v) is 9.35. The molecule has 27 heavy (non-hydrogen) atoms. The highest BCUT2D eigenvalue weighted by Crippen LogP contribution is 2.39. The largest absolute Gasteiger partial charge is 0.497 e. The Morgan fingerprint density at radius 1 is 1.26 bits per heavy atom. The molecule has 0 radical (unpaired) electrons. The molecule has 0 spiro atoms. The summed E-state index contributed by atoms with van der Waals surface area (Å²) in [4.78, 5) is 18.2. The van der Waals surface area contributed by atoms with Crippen LogP contribution in [0.5, 0.6) is 5.75 Å². The molecule has 2 heterocycles. The van der Waals surface area contributed by atoms with Crippen molar-refractivity contribution in [3.8, 4) is 5.75 Å². The second kappa shape index (κ2) is 7.06. The van der Waals surface area contributed by atoms with Gasteiger partial charge in [-0.15, -0.1) is 0 Å². The van der Waals surface area contributed by atoms with Gasteiger partial charge in [-0.3, -0.25) is 4.79 Å². The van der Waals surface area contributed by atoms with Gasteiger partial charge in [-0.1, -0.05) is 19.1 Å². The number of nitrogens with zero attached hydrogens (tertiary/aromatic N) is 1. The van der Waals surface area contributed by atoms with E-state index < -0.39 is 0 Å². The summed E-state index contributed by atoms with van der Waals surface area (Å²) < 4.78 is 18.9. The Kier molecular flexibility index (Phi) is 4.60. The zero-order chi connectivity index (χ0) is 19.0. The Hall–Kier alpha value is -2.82. The molecule has 0 bridgehead atoms. The topological polar surface area (TPSA) is 45.3 Å². The Balaban J connectivity index is 1.87. The Bertz CT molecular complexity index is 978. The third-order valence-corrected chi connectivity index (χ3v) is 5.30. The van der Waals surface area contributed by atoms with Crippen molar-refractivity contribution in [2.45, 2.75) is 32.2 Å². The standard InChI is InChI=1S/C22H23FN2O2/c1-3-4-20(26)25-12-11-17-18-13-16(27-2)9-10-19(18)24-21(17)22(25)14-5-7-15(23)8-6-14/h5-10,13,22,24H,3-4,11-12H2,1-2H3/t22-/m1/s1. The van der Waals surface area contributed by atoms with Crippen LogP contribution in [-0.2, 0) is 11.2 Å². The van der Waals surface area contributed by atoms with Gasteiger partial charge in [-0.25, -0.2) is 4.39 Å². The monoisotopic (exact) mass is 366 g/mol. The van der Waals surface area contributed by atoms with Gasteiger partial charge in [0, 0.05) is 29.6 Å². The molecule has 0 aliphatic carbocycles. The molecule has 5 heteroatoms. The number of fused-ring (bicyclic) bond motifs is 3. The van der Waals surface area contributed by atoms with Crippen molar-refractivity contribution in [1.82, 2.24) is 9.88 Å². The number of nitrogens with one attached hydrogen (secondary N) is 1. The molecule has 1 atom stereocenters. The molecule has 0 unspecified atom stereocenters. The molecule has 1 aliphatic heterocycles. The number of hydrogen-bond acceptors (Lipinski definition) is 2. The van der Waals surface area contributed by atoms with E-state index in [1.165, 1.54) is 17.7 Å². The quantitative estimate of drug-likeness (QED) is 0.734. The molecule has 0 saturated heterocycles. The molecule has 1 N–H and O–H groups in total. The van der Waals surface area contributed by atoms with E-state index in [1.54, 1.807) is 19.2 Å². The average molecular weight is 366 g/mol. The molecular formula is C22H23FN2O2. The number of aromatic nitrogens is 1. The van der Waals surface area contributed by atoms with Crippen LogP contribution in [0.25, 0.3) is 10.9 Å². The summed E-state index contributed by atoms with van der Waals surface area (Å²) in [6.07, 6.45) is 2.11. The third kappa shape index (κ3) is 3.07. The van der Waals surface area contributed by atoms with Crippen molar-refractivity contribution in [3.63, 3.8) is 0 Å². The van der Waals surface area contributed by atoms with Gasteiger partial charge in [0.05, 0.1) is 13.2 Å². The fourth-order valence-electron chi connectivity index (χ4n) is 4.01. The van der Waals surface area contributed by atoms with Crippen LogP contribution in [0.2, 0.25) is 0 Å². The van der Waals surface area contributed by atoms with Gasteiger partial charge in [-0.2, -0.15) is 0 Å². The summed E-state index contributed by atoms with van der Waals surface area (Å²) >= 11 is 0. The van der Waals surface area contributed by atoms with E-state index in [9.17, 15) is 9.18 Å². The van der Waals surface area contributed by atoms with Crippen LogP contribution in [0.1, 0.15) is 42.6 Å². The first kappa shape index (κ1) is 17.6. The number of ether oxygens (including phenoxy) is 1. The summed E-state index contributed by atoms with van der Waals surface area (Å²) in [5.41, 5.74) is 4.16. The summed E-state index contributed by atoms with van der Waals surface area (Å²) in [5.74, 6) is 0.670. The lowest BCUT2D eigenvalue weighted by molar-refractivity contribution is -0.133. The second-order valence-corrected chi connectivity index (χ2v) is 6.97. The first-order valence-electron chi connectivity index (χ1n) is 9.35. The molecular weight excluding hydrogens is 343 g/mol. The molecule has 2 aromatic carbocycles. The van der Waals surface area contributed by atoms with Crippen LogP contribution in [0.3, 0.4) is 0 Å². The Morgan fingerprint density at radius 3 is 2.74 bits per heavy atom. The third-order valence-electron chi connectivity index (χ3n) is 5.30. The summed E-state index contributed by atoms with van der Waals surface area (Å²) in [6, 6.07) is 12.2. The zero-order valence-corrected chi connectivity index (χ0v) is 15.6. The van der Waals surface area contributed by atoms with Gasteiger partial charge in [0.1, 0.15) is 11.6 Å². The number of H-pyrrole nitrogens is 1. The molecule has 1 aromatic heterocycles. The number of carbonyl (C=O) groups excluding carboxylic acids is 1. The van der Waals surface area contributed by atoms with Crippen LogP contribution < -0.4 is 4.74 Å². The number of halogens is 1. The van der Waals surface area contributed by atoms with E-state index in [1.807, 2.05) is 30.0 Å². The first-order chi connectivity index (χ1) is 13.1. The van der Waals surface area contributed by atoms with Crippen LogP contribution in [0.4, 0.5) is 4.39 Å². The summed E-state index contributed by atoms with van der Waals surface area (Å²) in [6.45, 7) is 2.66. The highest BCUT2D eigenvalue weighted by molar-refractivity contribution is 5.87. The highest BCUT2D eigenvalue weighted by Gasteiger charge is 2.34. The number of carbonyl (C=O) groups is 1. The fourth-order valence-corrected chi connectivity index (χ4v) is 4.01. The van der Waals surface area contributed by atoms with Crippen LogP contribution in [-0.4, -0.2) is 29.4 Å². The summed E-state index contributed by atoms with van der Waals surface area (Å²) in [7, 11) is 1.66. The molecule has 1 aliphatic rings. The maximum atomic E-state index is 13.5. The number of rotatable bonds is 4. The van der Waals surface area contributed by atoms with E-state index in [0.717, 1.165) is 40.8 Å². The van der Waals surface area contributed by atoms with Gasteiger partial charge in [0.15, 0.2) is 0 Å². The minimum Gasteiger partial charge on any atom is -0.497 e. The Morgan fingerprint density at radius 2 is 2.04 bits per heavy atom. The van der Waals surface area contributed by atoms with Gasteiger partial charge >= 0.3 is 0 Å². The minimum atomic E-state index is -0.275. The lowest BCUT2D eigenvalue weighted by Crippen LogP contribution is -2.40. The number of hydrogen-bond donors (Lipinski definition) is 1.